The number of rotatable bonds is 9. The highest BCUT2D eigenvalue weighted by Crippen LogP contribution is 2.38. The van der Waals surface area contributed by atoms with Crippen LogP contribution < -0.4 is 0 Å². The molecule has 14 heteroatoms. The number of fused-ring (bicyclic) bond motifs is 3. The number of piperidine rings is 1. The minimum atomic E-state index is -3.04. The van der Waals surface area contributed by atoms with Gasteiger partial charge in [0.1, 0.15) is 30.1 Å². The van der Waals surface area contributed by atoms with E-state index in [-0.39, 0.29) is 55.8 Å². The summed E-state index contributed by atoms with van der Waals surface area (Å²) < 4.78 is 92.4. The summed E-state index contributed by atoms with van der Waals surface area (Å²) in [6.07, 6.45) is 3.89. The zero-order valence-corrected chi connectivity index (χ0v) is 41.8. The first kappa shape index (κ1) is 47.0. The number of ketones is 2. The van der Waals surface area contributed by atoms with Gasteiger partial charge < -0.3 is 48.6 Å². The second kappa shape index (κ2) is 27.3. The van der Waals surface area contributed by atoms with Crippen molar-refractivity contribution in [1.29, 1.82) is 0 Å². The van der Waals surface area contributed by atoms with Crippen LogP contribution in [0.15, 0.2) is 59.8 Å². The number of carbonyl (C=O) groups is 4. The number of esters is 1. The van der Waals surface area contributed by atoms with E-state index in [0.717, 1.165) is 4.90 Å². The van der Waals surface area contributed by atoms with Gasteiger partial charge in [0.05, 0.1) is 44.4 Å². The van der Waals surface area contributed by atoms with Gasteiger partial charge in [-0.15, -0.1) is 0 Å². The van der Waals surface area contributed by atoms with Crippen LogP contribution in [-0.2, 0) is 47.6 Å². The third kappa shape index (κ3) is 15.3. The van der Waals surface area contributed by atoms with Crippen molar-refractivity contribution in [3.63, 3.8) is 0 Å². The van der Waals surface area contributed by atoms with Gasteiger partial charge in [0.2, 0.25) is 5.79 Å². The van der Waals surface area contributed by atoms with E-state index in [2.05, 4.69) is 6.58 Å². The molecule has 0 aromatic rings. The molecule has 68 heavy (non-hydrogen) atoms. The van der Waals surface area contributed by atoms with Gasteiger partial charge in [-0.2, -0.15) is 0 Å². The van der Waals surface area contributed by atoms with Crippen LogP contribution in [0.4, 0.5) is 0 Å². The zero-order chi connectivity index (χ0) is 56.4. The first-order valence-electron chi connectivity index (χ1n) is 28.0. The number of methoxy groups -OCH3 is 3. The van der Waals surface area contributed by atoms with Gasteiger partial charge >= 0.3 is 5.97 Å². The lowest BCUT2D eigenvalue weighted by Crippen LogP contribution is -2.61. The minimum absolute atomic E-state index is 0.0347. The second-order valence-electron chi connectivity index (χ2n) is 19.7. The van der Waals surface area contributed by atoms with E-state index >= 15 is 0 Å². The van der Waals surface area contributed by atoms with Crippen LogP contribution in [0.1, 0.15) is 135 Å². The fourth-order valence-corrected chi connectivity index (χ4v) is 10.1. The molecular weight excluding hydrogens is 871 g/mol. The van der Waals surface area contributed by atoms with Crippen molar-refractivity contribution < 1.29 is 72.5 Å². The first-order valence-corrected chi connectivity index (χ1v) is 24.5. The van der Waals surface area contributed by atoms with Crippen molar-refractivity contribution in [3.05, 3.63) is 59.8 Å². The number of aliphatic hydroxyl groups excluding tert-OH is 2. The van der Waals surface area contributed by atoms with E-state index in [4.69, 9.17) is 38.0 Å². The predicted octanol–water partition coefficient (Wildman–Crippen LogP) is 7.18. The van der Waals surface area contributed by atoms with Crippen LogP contribution in [0, 0.1) is 35.5 Å². The van der Waals surface area contributed by atoms with Gasteiger partial charge in [0.15, 0.2) is 0 Å². The molecule has 0 radical (unpaired) electrons. The van der Waals surface area contributed by atoms with Gasteiger partial charge in [-0.05, 0) is 118 Å². The Morgan fingerprint density at radius 3 is 2.41 bits per heavy atom. The van der Waals surface area contributed by atoms with Crippen LogP contribution in [-0.4, -0.2) is 139 Å². The van der Waals surface area contributed by atoms with Crippen LogP contribution in [0.3, 0.4) is 0 Å². The average molecular weight is 963 g/mol. The Morgan fingerprint density at radius 2 is 1.72 bits per heavy atom. The van der Waals surface area contributed by atoms with E-state index in [1.165, 1.54) is 21.1 Å². The van der Waals surface area contributed by atoms with Gasteiger partial charge in [-0.1, -0.05) is 77.7 Å². The minimum Gasteiger partial charge on any atom is -0.460 e. The lowest BCUT2D eigenvalue weighted by molar-refractivity contribution is -0.265. The summed E-state index contributed by atoms with van der Waals surface area (Å²) in [5.74, 6) is -10.1. The number of hydrogen-bond acceptors (Lipinski definition) is 13. The smallest absolute Gasteiger partial charge is 0.329 e. The molecular formula is C54H85NO13. The highest BCUT2D eigenvalue weighted by Gasteiger charge is 2.53. The maximum Gasteiger partial charge on any atom is 0.329 e. The third-order valence-electron chi connectivity index (χ3n) is 14.5. The van der Waals surface area contributed by atoms with Gasteiger partial charge in [0.25, 0.3) is 11.7 Å². The predicted molar refractivity (Wildman–Crippen MR) is 260 cm³/mol. The van der Waals surface area contributed by atoms with Crippen molar-refractivity contribution in [1.82, 2.24) is 4.90 Å². The Kier molecular flexibility index (Phi) is 18.9. The van der Waals surface area contributed by atoms with Crippen LogP contribution in [0.5, 0.6) is 0 Å². The van der Waals surface area contributed by atoms with Crippen LogP contribution in [0.2, 0.25) is 0 Å². The monoisotopic (exact) mass is 963 g/mol. The van der Waals surface area contributed by atoms with Crippen molar-refractivity contribution in [2.45, 2.75) is 180 Å². The molecule has 4 rings (SSSR count). The Hall–Kier alpha value is -3.34. The van der Waals surface area contributed by atoms with Gasteiger partial charge in [0, 0.05) is 55.2 Å². The normalized spacial score (nSPS) is 40.6. The molecule has 3 N–H and O–H groups in total. The van der Waals surface area contributed by atoms with Crippen molar-refractivity contribution in [2.75, 3.05) is 41.0 Å². The van der Waals surface area contributed by atoms with Crippen molar-refractivity contribution >= 4 is 23.4 Å². The molecule has 0 spiro atoms. The summed E-state index contributed by atoms with van der Waals surface area (Å²) in [7, 11) is 0.0650. The Labute approximate surface area is 416 Å². The van der Waals surface area contributed by atoms with E-state index < -0.39 is 117 Å². The SMILES string of the molecule is [2H]C([2H])([2H])O[C@H]1C[C@@H]2CC([2H])([2H])[C@@H](C)[C@@](O)(O2)C(=O)C(=O)N2CCCC[C@H]2C(=O)O[C@H]([C@H](C)C[C@@H]2CC[C@@H](OC([2H])([2H])CO)[C@H](OC)C2)CC(=O)[C@H](C)/C=C(\C)[C@@H](O)[C@@H](OC)C(=C)[C@H](C)C[C@H](C)/C=C/C=CC=C1C. The molecule has 3 fully saturated rings. The number of hydrogen-bond donors (Lipinski definition) is 3. The molecule has 0 unspecified atom stereocenters. The molecule has 14 nitrogen and oxygen atoms in total. The summed E-state index contributed by atoms with van der Waals surface area (Å²) in [6.45, 7) is 13.2. The lowest BCUT2D eigenvalue weighted by atomic mass is 9.78. The first-order chi connectivity index (χ1) is 34.9. The molecule has 1 aliphatic carbocycles. The fourth-order valence-electron chi connectivity index (χ4n) is 10.1. The lowest BCUT2D eigenvalue weighted by Gasteiger charge is -2.42. The Bertz CT molecular complexity index is 2100. The summed E-state index contributed by atoms with van der Waals surface area (Å²) >= 11 is 0. The molecule has 0 aromatic carbocycles. The highest BCUT2D eigenvalue weighted by molar-refractivity contribution is 6.39. The Morgan fingerprint density at radius 1 is 0.971 bits per heavy atom. The topological polar surface area (TPSA) is 188 Å². The van der Waals surface area contributed by atoms with Crippen molar-refractivity contribution in [2.24, 2.45) is 35.5 Å². The van der Waals surface area contributed by atoms with Crippen molar-refractivity contribution in [3.8, 4) is 0 Å². The standard InChI is InChI=1S/C54H85NO13/c1-33-17-13-12-14-18-34(2)46(63-9)31-42-22-20-39(7)54(62,68-42)51(59)52(60)55-24-16-15-19-43(55)53(61)67-47(37(5)29-41-21-23-45(66-26-25-56)48(30-41)64-10)32-44(57)36(4)28-38(6)49(58)50(65-11)40(8)35(3)27-33/h12-14,17-18,28,33,35-37,39,41-43,45-50,56,58,62H,8,15-16,19-27,29-32H2,1-7,9-11H3/b14-12?,17-13+,34-18?,38-28+/t33-,35-,36-,37-,39-,41+,42+,43+,45-,46+,47+,48-,49-,50+,54-/m1/s1/i9D3,20D2,26D2. The largest absolute Gasteiger partial charge is 0.460 e. The summed E-state index contributed by atoms with van der Waals surface area (Å²) in [5.41, 5.74) is 1.53. The molecule has 384 valence electrons. The molecule has 15 atom stereocenters. The number of carbonyl (C=O) groups excluding carboxylic acids is 4. The maximum atomic E-state index is 14.6. The number of amides is 1. The molecule has 0 aromatic heterocycles. The van der Waals surface area contributed by atoms with Crippen LogP contribution >= 0.6 is 0 Å². The molecule has 2 saturated heterocycles. The number of aliphatic hydroxyl groups is 3. The third-order valence-corrected chi connectivity index (χ3v) is 14.5. The molecule has 3 aliphatic heterocycles. The Balaban J connectivity index is 1.77. The molecule has 4 aliphatic rings. The quantitative estimate of drug-likeness (QED) is 0.120. The summed E-state index contributed by atoms with van der Waals surface area (Å²) in [6, 6.07) is -1.34. The molecule has 1 amide bonds. The summed E-state index contributed by atoms with van der Waals surface area (Å²) in [4.78, 5) is 58.9. The molecule has 2 bridgehead atoms. The number of Topliss-reactive ketones (excluding diaryl/α,β-unsaturated/α-hetero) is 2. The molecule has 3 heterocycles. The highest BCUT2D eigenvalue weighted by atomic mass is 16.6. The second-order valence-corrected chi connectivity index (χ2v) is 19.7. The zero-order valence-electron chi connectivity index (χ0n) is 48.8. The maximum absolute atomic E-state index is 14.6. The van der Waals surface area contributed by atoms with E-state index in [9.17, 15) is 34.5 Å². The summed E-state index contributed by atoms with van der Waals surface area (Å²) in [5, 5.41) is 33.3. The van der Waals surface area contributed by atoms with E-state index in [0.29, 0.717) is 61.7 Å². The molecule has 1 saturated carbocycles. The number of cyclic esters (lactones) is 1. The number of ether oxygens (including phenoxy) is 6. The average Bonchev–Trinajstić information content (AvgIpc) is 3.33. The number of allylic oxidation sites excluding steroid dienone is 6. The van der Waals surface area contributed by atoms with Crippen LogP contribution in [0.25, 0.3) is 0 Å². The van der Waals surface area contributed by atoms with Gasteiger partial charge in [-0.3, -0.25) is 14.4 Å². The fraction of sp³-hybridized carbons (Fsp3) is 0.741. The van der Waals surface area contributed by atoms with E-state index in [1.807, 2.05) is 32.9 Å². The number of nitrogens with zero attached hydrogens (tertiary/aromatic N) is 1. The van der Waals surface area contributed by atoms with E-state index in [1.54, 1.807) is 45.1 Å². The van der Waals surface area contributed by atoms with Gasteiger partial charge in [-0.25, -0.2) is 4.79 Å².